The van der Waals surface area contributed by atoms with Crippen LogP contribution < -0.4 is 0 Å². The van der Waals surface area contributed by atoms with Crippen molar-refractivity contribution in [2.45, 2.75) is 0 Å². The van der Waals surface area contributed by atoms with Crippen LogP contribution in [0.4, 0.5) is 0 Å². The Balaban J connectivity index is 2.70. The number of rotatable bonds is 0. The molecule has 1 nitrogen and oxygen atoms in total. The first kappa shape index (κ1) is 6.45. The zero-order valence-corrected chi connectivity index (χ0v) is 6.83. The average molecular weight is 163 g/mol. The Bertz CT molecular complexity index is 126. The topological polar surface area (TPSA) is 3.24 Å². The molecule has 0 saturated carbocycles. The number of hydrogen-bond donors (Lipinski definition) is 0. The van der Waals surface area contributed by atoms with Crippen LogP contribution in [-0.2, 0) is 0 Å². The molecule has 8 heavy (non-hydrogen) atoms. The van der Waals surface area contributed by atoms with Gasteiger partial charge >= 0.3 is 0 Å². The summed E-state index contributed by atoms with van der Waals surface area (Å²) in [5, 5.41) is 0. The largest absolute Gasteiger partial charge is 0.324 e. The molecule has 1 aliphatic heterocycles. The highest BCUT2D eigenvalue weighted by Gasteiger charge is 2.17. The van der Waals surface area contributed by atoms with Crippen LogP contribution in [0.2, 0.25) is 0 Å². The molecule has 0 aliphatic carbocycles. The minimum absolute atomic E-state index is 0.894. The Morgan fingerprint density at radius 2 is 2.25 bits per heavy atom. The Morgan fingerprint density at radius 3 is 2.38 bits per heavy atom. The Labute approximate surface area is 63.4 Å². The summed E-state index contributed by atoms with van der Waals surface area (Å²) in [6.07, 6.45) is 0. The van der Waals surface area contributed by atoms with E-state index in [1.807, 2.05) is 11.9 Å². The minimum atomic E-state index is 0.894. The Morgan fingerprint density at radius 1 is 1.62 bits per heavy atom. The first-order chi connectivity index (χ1) is 3.72. The van der Waals surface area contributed by atoms with E-state index in [0.717, 1.165) is 15.1 Å². The predicted molar refractivity (Wildman–Crippen MR) is 45.4 cm³/mol. The van der Waals surface area contributed by atoms with Gasteiger partial charge in [-0.1, -0.05) is 36.2 Å². The summed E-state index contributed by atoms with van der Waals surface area (Å²) in [5.41, 5.74) is 0. The van der Waals surface area contributed by atoms with E-state index in [4.69, 9.17) is 24.4 Å². The second kappa shape index (κ2) is 2.29. The molecule has 0 N–H and O–H groups in total. The molecule has 0 spiro atoms. The maximum atomic E-state index is 4.94. The van der Waals surface area contributed by atoms with E-state index in [-0.39, 0.29) is 0 Å². The standard InChI is InChI=1S/C4H5NS3/c1-5-3(6)2-8-4(5)7/h2H2,1H3. The fourth-order valence-electron chi connectivity index (χ4n) is 0.419. The quantitative estimate of drug-likeness (QED) is 0.495. The molecule has 1 aliphatic rings. The number of thiocarbonyl (C=S) groups is 2. The zero-order valence-electron chi connectivity index (χ0n) is 4.38. The maximum absolute atomic E-state index is 4.94. The molecule has 1 rings (SSSR count). The number of nitrogens with zero attached hydrogens (tertiary/aromatic N) is 1. The Kier molecular flexibility index (Phi) is 1.84. The van der Waals surface area contributed by atoms with Gasteiger partial charge in [0.2, 0.25) is 0 Å². The van der Waals surface area contributed by atoms with E-state index in [0.29, 0.717) is 0 Å². The second-order valence-electron chi connectivity index (χ2n) is 1.51. The number of hydrogen-bond acceptors (Lipinski definition) is 3. The highest BCUT2D eigenvalue weighted by Crippen LogP contribution is 2.17. The molecule has 0 aromatic carbocycles. The molecule has 1 fully saturated rings. The third-order valence-electron chi connectivity index (χ3n) is 0.967. The lowest BCUT2D eigenvalue weighted by Gasteiger charge is -2.06. The normalized spacial score (nSPS) is 20.4. The second-order valence-corrected chi connectivity index (χ2v) is 3.59. The van der Waals surface area contributed by atoms with Gasteiger partial charge in [0, 0.05) is 7.05 Å². The van der Waals surface area contributed by atoms with Crippen molar-refractivity contribution in [1.29, 1.82) is 0 Å². The van der Waals surface area contributed by atoms with Crippen molar-refractivity contribution in [3.05, 3.63) is 0 Å². The van der Waals surface area contributed by atoms with E-state index in [1.165, 1.54) is 0 Å². The van der Waals surface area contributed by atoms with Crippen molar-refractivity contribution >= 4 is 45.5 Å². The molecule has 0 amide bonds. The van der Waals surface area contributed by atoms with E-state index in [9.17, 15) is 0 Å². The van der Waals surface area contributed by atoms with E-state index in [2.05, 4.69) is 0 Å². The van der Waals surface area contributed by atoms with Gasteiger partial charge in [0.25, 0.3) is 0 Å². The van der Waals surface area contributed by atoms with Crippen molar-refractivity contribution in [2.24, 2.45) is 0 Å². The van der Waals surface area contributed by atoms with Crippen LogP contribution in [-0.4, -0.2) is 27.0 Å². The maximum Gasteiger partial charge on any atom is 0.141 e. The van der Waals surface area contributed by atoms with Crippen molar-refractivity contribution in [2.75, 3.05) is 12.8 Å². The third-order valence-corrected chi connectivity index (χ3v) is 3.13. The Hall–Kier alpha value is 0.330. The monoisotopic (exact) mass is 163 g/mol. The van der Waals surface area contributed by atoms with Gasteiger partial charge in [-0.3, -0.25) is 0 Å². The van der Waals surface area contributed by atoms with E-state index < -0.39 is 0 Å². The van der Waals surface area contributed by atoms with Gasteiger partial charge in [-0.15, -0.1) is 0 Å². The van der Waals surface area contributed by atoms with Gasteiger partial charge in [0.05, 0.1) is 10.7 Å². The molecule has 0 aromatic heterocycles. The van der Waals surface area contributed by atoms with Gasteiger partial charge in [0.1, 0.15) is 4.32 Å². The van der Waals surface area contributed by atoms with Crippen LogP contribution in [0.15, 0.2) is 0 Å². The van der Waals surface area contributed by atoms with Crippen LogP contribution >= 0.6 is 36.2 Å². The summed E-state index contributed by atoms with van der Waals surface area (Å²) in [6.45, 7) is 0. The molecule has 44 valence electrons. The summed E-state index contributed by atoms with van der Waals surface area (Å²) in [5.74, 6) is 0.894. The zero-order chi connectivity index (χ0) is 6.15. The molecule has 1 heterocycles. The van der Waals surface area contributed by atoms with Crippen LogP contribution in [0, 0.1) is 0 Å². The van der Waals surface area contributed by atoms with Gasteiger partial charge < -0.3 is 4.90 Å². The van der Waals surface area contributed by atoms with Gasteiger partial charge in [0.15, 0.2) is 0 Å². The molecular weight excluding hydrogens is 158 g/mol. The van der Waals surface area contributed by atoms with Crippen molar-refractivity contribution < 1.29 is 0 Å². The number of thioether (sulfide) groups is 1. The molecule has 0 aromatic rings. The molecule has 1 saturated heterocycles. The van der Waals surface area contributed by atoms with Crippen molar-refractivity contribution in [1.82, 2.24) is 4.90 Å². The summed E-state index contributed by atoms with van der Waals surface area (Å²) in [7, 11) is 1.91. The lowest BCUT2D eigenvalue weighted by atomic mass is 10.7. The predicted octanol–water partition coefficient (Wildman–Crippen LogP) is 1.28. The van der Waals surface area contributed by atoms with Gasteiger partial charge in [-0.05, 0) is 0 Å². The first-order valence-corrected chi connectivity index (χ1v) is 3.95. The third kappa shape index (κ3) is 1.01. The lowest BCUT2D eigenvalue weighted by molar-refractivity contribution is 0.806. The smallest absolute Gasteiger partial charge is 0.141 e. The van der Waals surface area contributed by atoms with Crippen LogP contribution in [0.25, 0.3) is 0 Å². The van der Waals surface area contributed by atoms with Crippen LogP contribution in [0.1, 0.15) is 0 Å². The summed E-state index contributed by atoms with van der Waals surface area (Å²) >= 11 is 11.5. The molecule has 4 heteroatoms. The molecule has 0 bridgehead atoms. The summed E-state index contributed by atoms with van der Waals surface area (Å²) in [6, 6.07) is 0. The average Bonchev–Trinajstić information content (AvgIpc) is 1.98. The highest BCUT2D eigenvalue weighted by atomic mass is 32.2. The SMILES string of the molecule is CN1C(=S)CSC1=S. The van der Waals surface area contributed by atoms with Crippen molar-refractivity contribution in [3.8, 4) is 0 Å². The van der Waals surface area contributed by atoms with E-state index in [1.54, 1.807) is 11.8 Å². The molecule has 0 atom stereocenters. The fraction of sp³-hybridized carbons (Fsp3) is 0.500. The molecule has 0 radical (unpaired) electrons. The first-order valence-electron chi connectivity index (χ1n) is 2.15. The van der Waals surface area contributed by atoms with Gasteiger partial charge in [-0.2, -0.15) is 0 Å². The van der Waals surface area contributed by atoms with Crippen molar-refractivity contribution in [3.63, 3.8) is 0 Å². The van der Waals surface area contributed by atoms with Crippen LogP contribution in [0.5, 0.6) is 0 Å². The minimum Gasteiger partial charge on any atom is -0.324 e. The van der Waals surface area contributed by atoms with Gasteiger partial charge in [-0.25, -0.2) is 0 Å². The molecule has 0 unspecified atom stereocenters. The van der Waals surface area contributed by atoms with Crippen LogP contribution in [0.3, 0.4) is 0 Å². The highest BCUT2D eigenvalue weighted by molar-refractivity contribution is 8.24. The fourth-order valence-corrected chi connectivity index (χ4v) is 1.83. The summed E-state index contributed by atoms with van der Waals surface area (Å²) < 4.78 is 0.898. The van der Waals surface area contributed by atoms with E-state index >= 15 is 0 Å². The lowest BCUT2D eigenvalue weighted by Crippen LogP contribution is -2.20. The summed E-state index contributed by atoms with van der Waals surface area (Å²) in [4.78, 5) is 2.81. The molecular formula is C4H5NS3.